The first kappa shape index (κ1) is 6.58. The lowest BCUT2D eigenvalue weighted by molar-refractivity contribution is 0.144. The van der Waals surface area contributed by atoms with Crippen molar-refractivity contribution in [3.05, 3.63) is 41.0 Å². The summed E-state index contributed by atoms with van der Waals surface area (Å²) in [6.45, 7) is -0.260. The third-order valence-electron chi connectivity index (χ3n) is 1.26. The molecule has 1 aromatic carbocycles. The lowest BCUT2D eigenvalue weighted by Crippen LogP contribution is -2.14. The second-order valence-corrected chi connectivity index (χ2v) is 2.87. The van der Waals surface area contributed by atoms with Crippen LogP contribution in [0.1, 0.15) is 5.48 Å². The zero-order chi connectivity index (χ0) is 13.9. The van der Waals surface area contributed by atoms with E-state index in [2.05, 4.69) is 15.9 Å². The summed E-state index contributed by atoms with van der Waals surface area (Å²) in [5, 5.41) is 9.35. The molecule has 0 saturated heterocycles. The Kier molecular flexibility index (Phi) is 2.72. The molecule has 0 spiro atoms. The van der Waals surface area contributed by atoms with E-state index in [0.29, 0.717) is 0 Å². The highest BCUT2D eigenvalue weighted by Gasteiger charge is 2.00. The van der Waals surface area contributed by atoms with Crippen molar-refractivity contribution < 1.29 is 19.7 Å². The molecule has 0 radical (unpaired) electrons. The fourth-order valence-electron chi connectivity index (χ4n) is 0.666. The molecule has 1 rings (SSSR count). The van der Waals surface area contributed by atoms with E-state index in [1.807, 2.05) is 0 Å². The maximum atomic E-state index is 13.2. The van der Waals surface area contributed by atoms with Crippen LogP contribution in [0.3, 0.4) is 0 Å². The Balaban J connectivity index is 3.03. The average molecular weight is 265 g/mol. The van der Waals surface area contributed by atoms with Gasteiger partial charge in [-0.3, -0.25) is 0 Å². The van der Waals surface area contributed by atoms with E-state index in [4.69, 9.17) is 10.2 Å². The van der Waals surface area contributed by atoms with Crippen molar-refractivity contribution in [3.63, 3.8) is 0 Å². The predicted octanol–water partition coefficient (Wildman–Crippen LogP) is 2.47. The highest BCUT2D eigenvalue weighted by atomic mass is 79.9. The van der Waals surface area contributed by atoms with Gasteiger partial charge in [0.2, 0.25) is 0 Å². The highest BCUT2D eigenvalue weighted by molar-refractivity contribution is 9.11. The minimum Gasteiger partial charge on any atom is -0.491 e. The van der Waals surface area contributed by atoms with E-state index >= 15 is 0 Å². The van der Waals surface area contributed by atoms with Crippen molar-refractivity contribution in [2.45, 2.75) is 6.10 Å². The molecule has 4 heteroatoms. The number of ether oxygens (including phenoxy) is 1. The van der Waals surface area contributed by atoms with Crippen LogP contribution in [0.5, 0.6) is 5.75 Å². The molecule has 0 amide bonds. The van der Waals surface area contributed by atoms with Gasteiger partial charge in [-0.2, -0.15) is 0 Å². The molecule has 0 aliphatic carbocycles. The quantitative estimate of drug-likeness (QED) is 0.906. The van der Waals surface area contributed by atoms with E-state index in [9.17, 15) is 9.50 Å². The Bertz CT molecular complexity index is 452. The van der Waals surface area contributed by atoms with Gasteiger partial charge in [0.25, 0.3) is 0 Å². The highest BCUT2D eigenvalue weighted by Crippen LogP contribution is 2.11. The van der Waals surface area contributed by atoms with Gasteiger partial charge in [0, 0.05) is 0 Å². The van der Waals surface area contributed by atoms with Gasteiger partial charge in [-0.05, 0) is 35.2 Å². The molecule has 0 fully saturated rings. The standard InChI is InChI=1S/C10H10BrFO2/c11-6-5-9(13)7-14-10-3-1-8(12)2-4-10/h1-6,9,13H,7H2/b6-5+/t9-/m0/s1/i1D,2D,3D,4D. The van der Waals surface area contributed by atoms with Gasteiger partial charge in [0.1, 0.15) is 24.3 Å². The van der Waals surface area contributed by atoms with Crippen LogP contribution in [0, 0.1) is 5.82 Å². The third-order valence-corrected chi connectivity index (χ3v) is 1.57. The minimum absolute atomic E-state index is 0.260. The number of benzene rings is 1. The van der Waals surface area contributed by atoms with E-state index in [0.717, 1.165) is 0 Å². The second kappa shape index (κ2) is 5.78. The molecular weight excluding hydrogens is 251 g/mol. The number of aliphatic hydroxyl groups is 1. The fraction of sp³-hybridized carbons (Fsp3) is 0.200. The van der Waals surface area contributed by atoms with Gasteiger partial charge in [0.15, 0.2) is 0 Å². The normalized spacial score (nSPS) is 17.1. The molecule has 0 aliphatic rings. The smallest absolute Gasteiger partial charge is 0.123 e. The first-order valence-corrected chi connectivity index (χ1v) is 4.65. The molecule has 0 aromatic heterocycles. The SMILES string of the molecule is [2H]c1c([2H])c(OC[C@@H](O)/C=C/Br)c([2H])c([2H])c1F. The van der Waals surface area contributed by atoms with Gasteiger partial charge in [-0.1, -0.05) is 15.9 Å². The van der Waals surface area contributed by atoms with Crippen molar-refractivity contribution in [3.8, 4) is 5.75 Å². The van der Waals surface area contributed by atoms with E-state index in [1.54, 1.807) is 0 Å². The van der Waals surface area contributed by atoms with Gasteiger partial charge < -0.3 is 9.84 Å². The van der Waals surface area contributed by atoms with Crippen LogP contribution in [-0.4, -0.2) is 17.8 Å². The van der Waals surface area contributed by atoms with Crippen LogP contribution < -0.4 is 4.74 Å². The van der Waals surface area contributed by atoms with Crippen LogP contribution in [0.15, 0.2) is 35.2 Å². The van der Waals surface area contributed by atoms with Crippen molar-refractivity contribution >= 4 is 15.9 Å². The van der Waals surface area contributed by atoms with Crippen LogP contribution in [0.25, 0.3) is 0 Å². The zero-order valence-corrected chi connectivity index (χ0v) is 8.64. The molecule has 0 aliphatic heterocycles. The summed E-state index contributed by atoms with van der Waals surface area (Å²) >= 11 is 2.96. The molecular formula is C10H10BrFO2. The molecule has 14 heavy (non-hydrogen) atoms. The summed E-state index contributed by atoms with van der Waals surface area (Å²) in [6, 6.07) is -2.81. The minimum atomic E-state index is -1.22. The van der Waals surface area contributed by atoms with E-state index < -0.39 is 36.1 Å². The molecule has 76 valence electrons. The van der Waals surface area contributed by atoms with Crippen LogP contribution in [0.4, 0.5) is 4.39 Å². The van der Waals surface area contributed by atoms with E-state index in [1.165, 1.54) is 11.1 Å². The zero-order valence-electron chi connectivity index (χ0n) is 11.1. The Hall–Kier alpha value is -0.870. The number of hydrogen-bond donors (Lipinski definition) is 1. The van der Waals surface area contributed by atoms with Gasteiger partial charge in [-0.15, -0.1) is 0 Å². The molecule has 0 heterocycles. The maximum absolute atomic E-state index is 13.2. The molecule has 1 atom stereocenters. The first-order valence-electron chi connectivity index (χ1n) is 5.73. The Morgan fingerprint density at radius 1 is 1.57 bits per heavy atom. The molecule has 2 nitrogen and oxygen atoms in total. The van der Waals surface area contributed by atoms with Gasteiger partial charge in [0.05, 0.1) is 5.48 Å². The van der Waals surface area contributed by atoms with Crippen molar-refractivity contribution in [2.75, 3.05) is 6.61 Å². The topological polar surface area (TPSA) is 29.5 Å². The Labute approximate surface area is 95.8 Å². The summed E-state index contributed by atoms with van der Waals surface area (Å²) in [5.41, 5.74) is 0. The van der Waals surface area contributed by atoms with Crippen LogP contribution >= 0.6 is 15.9 Å². The van der Waals surface area contributed by atoms with E-state index in [-0.39, 0.29) is 12.4 Å². The molecule has 0 unspecified atom stereocenters. The van der Waals surface area contributed by atoms with Crippen LogP contribution in [-0.2, 0) is 0 Å². The Morgan fingerprint density at radius 3 is 2.79 bits per heavy atom. The average Bonchev–Trinajstić information content (AvgIpc) is 2.34. The maximum Gasteiger partial charge on any atom is 0.123 e. The predicted molar refractivity (Wildman–Crippen MR) is 56.0 cm³/mol. The number of aliphatic hydroxyl groups excluding tert-OH is 1. The van der Waals surface area contributed by atoms with Crippen molar-refractivity contribution in [1.82, 2.24) is 0 Å². The molecule has 1 N–H and O–H groups in total. The lowest BCUT2D eigenvalue weighted by atomic mass is 10.3. The Morgan fingerprint density at radius 2 is 2.21 bits per heavy atom. The van der Waals surface area contributed by atoms with Crippen molar-refractivity contribution in [2.24, 2.45) is 0 Å². The molecule has 1 aromatic rings. The van der Waals surface area contributed by atoms with Crippen molar-refractivity contribution in [1.29, 1.82) is 0 Å². The third kappa shape index (κ3) is 3.89. The summed E-state index contributed by atoms with van der Waals surface area (Å²) in [6.07, 6.45) is 0.386. The summed E-state index contributed by atoms with van der Waals surface area (Å²) in [5.74, 6) is -1.60. The summed E-state index contributed by atoms with van der Waals surface area (Å²) in [4.78, 5) is 1.42. The number of rotatable bonds is 4. The molecule has 0 bridgehead atoms. The lowest BCUT2D eigenvalue weighted by Gasteiger charge is -2.08. The summed E-state index contributed by atoms with van der Waals surface area (Å²) < 4.78 is 47.6. The first-order chi connectivity index (χ1) is 8.40. The summed E-state index contributed by atoms with van der Waals surface area (Å²) in [7, 11) is 0. The largest absolute Gasteiger partial charge is 0.491 e. The van der Waals surface area contributed by atoms with Crippen LogP contribution in [0.2, 0.25) is 0 Å². The number of hydrogen-bond acceptors (Lipinski definition) is 2. The van der Waals surface area contributed by atoms with Gasteiger partial charge >= 0.3 is 0 Å². The van der Waals surface area contributed by atoms with Gasteiger partial charge in [-0.25, -0.2) is 4.39 Å². The molecule has 0 saturated carbocycles. The number of halogens is 2. The second-order valence-electron chi connectivity index (χ2n) is 2.34. The fourth-order valence-corrected chi connectivity index (χ4v) is 1.02. The monoisotopic (exact) mass is 264 g/mol.